The largest absolute Gasteiger partial charge is 0.481 e. The number of H-pyrrole nitrogens is 2. The van der Waals surface area contributed by atoms with Gasteiger partial charge in [0.1, 0.15) is 6.23 Å². The molecular weight excluding hydrogens is 360 g/mol. The first kappa shape index (κ1) is 20.6. The van der Waals surface area contributed by atoms with Gasteiger partial charge >= 0.3 is 11.7 Å². The number of carboxylic acids is 1. The van der Waals surface area contributed by atoms with Gasteiger partial charge < -0.3 is 25.1 Å². The van der Waals surface area contributed by atoms with E-state index in [4.69, 9.17) is 9.94 Å². The predicted molar refractivity (Wildman–Crippen MR) is 94.0 cm³/mol. The van der Waals surface area contributed by atoms with E-state index in [-0.39, 0.29) is 18.0 Å². The fourth-order valence-electron chi connectivity index (χ4n) is 2.65. The monoisotopic (exact) mass is 382 g/mol. The van der Waals surface area contributed by atoms with Crippen LogP contribution in [0.1, 0.15) is 25.0 Å². The zero-order valence-electron chi connectivity index (χ0n) is 14.4. The van der Waals surface area contributed by atoms with E-state index < -0.39 is 35.7 Å². The summed E-state index contributed by atoms with van der Waals surface area (Å²) in [6, 6.07) is 1.08. The van der Waals surface area contributed by atoms with Crippen LogP contribution in [0.4, 0.5) is 0 Å². The molecule has 0 aromatic carbocycles. The number of hydrogen-bond donors (Lipinski definition) is 6. The standard InChI is InChI=1S/C16H22N4O7/c21-12(17-7-9-2-1-3-10(4-9)15(24)25)6-14(23)27-18-8-11-5-13(22)20-16(26)19-11/h1,3,5,8-10,12,14,17,21,23H,2,4,6-7H2,(H,24,25)(H2,19,20,22,26)/b18-8+/t9?,10?,12-,14+/m0/s1. The third-order valence-electron chi connectivity index (χ3n) is 3.96. The van der Waals surface area contributed by atoms with E-state index in [0.29, 0.717) is 19.4 Å². The minimum absolute atomic E-state index is 0.0647. The number of aromatic nitrogens is 2. The number of oxime groups is 1. The number of carbonyl (C=O) groups is 1. The SMILES string of the molecule is O=C(O)C1C=CCC(CN[C@@H](O)C[C@H](O)O/N=C/c2cc(=O)[nH]c(=O)[nH]2)C1. The summed E-state index contributed by atoms with van der Waals surface area (Å²) >= 11 is 0. The summed E-state index contributed by atoms with van der Waals surface area (Å²) < 4.78 is 0. The van der Waals surface area contributed by atoms with Gasteiger partial charge in [-0.3, -0.25) is 19.9 Å². The van der Waals surface area contributed by atoms with Crippen molar-refractivity contribution in [1.82, 2.24) is 15.3 Å². The number of rotatable bonds is 9. The van der Waals surface area contributed by atoms with Gasteiger partial charge in [-0.25, -0.2) is 4.79 Å². The highest BCUT2D eigenvalue weighted by Gasteiger charge is 2.23. The van der Waals surface area contributed by atoms with Gasteiger partial charge in [0.2, 0.25) is 6.29 Å². The Morgan fingerprint density at radius 3 is 2.89 bits per heavy atom. The van der Waals surface area contributed by atoms with Crippen LogP contribution in [0.15, 0.2) is 33.0 Å². The van der Waals surface area contributed by atoms with Gasteiger partial charge in [-0.05, 0) is 18.8 Å². The minimum Gasteiger partial charge on any atom is -0.481 e. The fourth-order valence-corrected chi connectivity index (χ4v) is 2.65. The van der Waals surface area contributed by atoms with Crippen molar-refractivity contribution in [2.75, 3.05) is 6.54 Å². The average molecular weight is 382 g/mol. The second-order valence-corrected chi connectivity index (χ2v) is 6.21. The Hall–Kier alpha value is -2.76. The molecule has 6 N–H and O–H groups in total. The van der Waals surface area contributed by atoms with Crippen molar-refractivity contribution in [2.45, 2.75) is 31.8 Å². The quantitative estimate of drug-likeness (QED) is 0.132. The lowest BCUT2D eigenvalue weighted by molar-refractivity contribution is -0.140. The van der Waals surface area contributed by atoms with E-state index in [1.165, 1.54) is 0 Å². The maximum absolute atomic E-state index is 11.1. The summed E-state index contributed by atoms with van der Waals surface area (Å²) in [5.41, 5.74) is -1.22. The van der Waals surface area contributed by atoms with Gasteiger partial charge in [0.25, 0.3) is 5.56 Å². The van der Waals surface area contributed by atoms with E-state index in [1.807, 2.05) is 11.1 Å². The van der Waals surface area contributed by atoms with E-state index in [1.54, 1.807) is 6.08 Å². The molecular formula is C16H22N4O7. The number of aliphatic hydroxyl groups is 2. The number of hydrogen-bond acceptors (Lipinski definition) is 8. The maximum atomic E-state index is 11.1. The lowest BCUT2D eigenvalue weighted by atomic mass is 9.86. The Kier molecular flexibility index (Phi) is 7.46. The third kappa shape index (κ3) is 7.17. The number of aromatic amines is 2. The van der Waals surface area contributed by atoms with Crippen LogP contribution in [0.5, 0.6) is 0 Å². The van der Waals surface area contributed by atoms with Crippen LogP contribution in [-0.2, 0) is 9.63 Å². The molecule has 0 spiro atoms. The van der Waals surface area contributed by atoms with E-state index in [0.717, 1.165) is 12.3 Å². The number of allylic oxidation sites excluding steroid dienone is 1. The number of carboxylic acid groups (broad SMARTS) is 1. The molecule has 0 radical (unpaired) electrons. The van der Waals surface area contributed by atoms with Gasteiger partial charge in [-0.1, -0.05) is 17.3 Å². The van der Waals surface area contributed by atoms with Crippen LogP contribution in [0.25, 0.3) is 0 Å². The van der Waals surface area contributed by atoms with Gasteiger partial charge in [0.15, 0.2) is 0 Å². The molecule has 1 aromatic rings. The first-order valence-corrected chi connectivity index (χ1v) is 8.35. The van der Waals surface area contributed by atoms with Crippen LogP contribution in [-0.4, -0.2) is 56.5 Å². The van der Waals surface area contributed by atoms with Crippen molar-refractivity contribution in [3.8, 4) is 0 Å². The molecule has 1 aliphatic carbocycles. The maximum Gasteiger partial charge on any atom is 0.326 e. The molecule has 0 aliphatic heterocycles. The molecule has 4 atom stereocenters. The van der Waals surface area contributed by atoms with Crippen LogP contribution < -0.4 is 16.6 Å². The molecule has 1 aromatic heterocycles. The van der Waals surface area contributed by atoms with Crippen LogP contribution >= 0.6 is 0 Å². The molecule has 0 bridgehead atoms. The number of nitrogens with one attached hydrogen (secondary N) is 3. The molecule has 1 aliphatic rings. The van der Waals surface area contributed by atoms with Crippen molar-refractivity contribution in [3.05, 3.63) is 44.8 Å². The summed E-state index contributed by atoms with van der Waals surface area (Å²) in [7, 11) is 0. The summed E-state index contributed by atoms with van der Waals surface area (Å²) in [5, 5.41) is 34.9. The molecule has 2 unspecified atom stereocenters. The number of nitrogens with zero attached hydrogens (tertiary/aromatic N) is 1. The highest BCUT2D eigenvalue weighted by molar-refractivity contribution is 5.75. The van der Waals surface area contributed by atoms with Gasteiger partial charge in [0, 0.05) is 12.6 Å². The molecule has 0 fully saturated rings. The molecule has 0 saturated heterocycles. The fraction of sp³-hybridized carbons (Fsp3) is 0.500. The Morgan fingerprint density at radius 2 is 2.19 bits per heavy atom. The zero-order valence-corrected chi connectivity index (χ0v) is 14.4. The molecule has 27 heavy (non-hydrogen) atoms. The summed E-state index contributed by atoms with van der Waals surface area (Å²) in [6.07, 6.45) is 3.02. The van der Waals surface area contributed by atoms with Crippen LogP contribution in [0.3, 0.4) is 0 Å². The van der Waals surface area contributed by atoms with Crippen LogP contribution in [0, 0.1) is 11.8 Å². The van der Waals surface area contributed by atoms with Crippen molar-refractivity contribution >= 4 is 12.2 Å². The molecule has 1 heterocycles. The zero-order chi connectivity index (χ0) is 19.8. The first-order valence-electron chi connectivity index (χ1n) is 8.35. The number of aliphatic carboxylic acids is 1. The molecule has 0 amide bonds. The third-order valence-corrected chi connectivity index (χ3v) is 3.96. The molecule has 148 valence electrons. The van der Waals surface area contributed by atoms with Crippen LogP contribution in [0.2, 0.25) is 0 Å². The molecule has 11 heteroatoms. The van der Waals surface area contributed by atoms with Gasteiger partial charge in [0.05, 0.1) is 24.2 Å². The molecule has 0 saturated carbocycles. The van der Waals surface area contributed by atoms with E-state index in [2.05, 4.69) is 15.5 Å². The first-order chi connectivity index (χ1) is 12.8. The van der Waals surface area contributed by atoms with E-state index in [9.17, 15) is 24.6 Å². The summed E-state index contributed by atoms with van der Waals surface area (Å²) in [6.45, 7) is 0.388. The lowest BCUT2D eigenvalue weighted by Gasteiger charge is -2.24. The van der Waals surface area contributed by atoms with Crippen molar-refractivity contribution in [2.24, 2.45) is 17.0 Å². The lowest BCUT2D eigenvalue weighted by Crippen LogP contribution is -2.37. The van der Waals surface area contributed by atoms with Gasteiger partial charge in [-0.2, -0.15) is 0 Å². The number of aliphatic hydroxyl groups excluding tert-OH is 2. The average Bonchev–Trinajstić information content (AvgIpc) is 2.59. The minimum atomic E-state index is -1.42. The molecule has 11 nitrogen and oxygen atoms in total. The normalized spacial score (nSPS) is 21.9. The molecule has 2 rings (SSSR count). The highest BCUT2D eigenvalue weighted by Crippen LogP contribution is 2.23. The predicted octanol–water partition coefficient (Wildman–Crippen LogP) is -1.30. The highest BCUT2D eigenvalue weighted by atomic mass is 16.7. The van der Waals surface area contributed by atoms with Crippen molar-refractivity contribution < 1.29 is 25.0 Å². The van der Waals surface area contributed by atoms with Crippen molar-refractivity contribution in [1.29, 1.82) is 0 Å². The van der Waals surface area contributed by atoms with Gasteiger partial charge in [-0.15, -0.1) is 0 Å². The summed E-state index contributed by atoms with van der Waals surface area (Å²) in [5.74, 6) is -1.34. The van der Waals surface area contributed by atoms with Crippen molar-refractivity contribution in [3.63, 3.8) is 0 Å². The Morgan fingerprint density at radius 1 is 1.41 bits per heavy atom. The topological polar surface area (TPSA) is 177 Å². The summed E-state index contributed by atoms with van der Waals surface area (Å²) in [4.78, 5) is 42.2. The smallest absolute Gasteiger partial charge is 0.326 e. The second kappa shape index (κ2) is 9.80. The Bertz CT molecular complexity index is 772. The Labute approximate surface area is 153 Å². The Balaban J connectivity index is 1.72. The van der Waals surface area contributed by atoms with E-state index >= 15 is 0 Å². The second-order valence-electron chi connectivity index (χ2n) is 6.21.